The number of nitrogens with one attached hydrogen (secondary N) is 3. The van der Waals surface area contributed by atoms with Gasteiger partial charge in [-0.15, -0.1) is 23.7 Å². The number of benzene rings is 2. The molecule has 0 spiro atoms. The minimum atomic E-state index is -2.39. The normalized spacial score (nSPS) is 13.9. The van der Waals surface area contributed by atoms with Crippen molar-refractivity contribution in [3.8, 4) is 11.1 Å². The molecule has 1 saturated heterocycles. The maximum atomic E-state index is 12.0. The third-order valence-electron chi connectivity index (χ3n) is 7.59. The lowest BCUT2D eigenvalue weighted by Crippen LogP contribution is -2.52. The molecule has 0 radical (unpaired) electrons. The number of aromatic nitrogens is 6. The molecule has 4 aromatic heterocycles. The molecule has 2 aliphatic heterocycles. The molecule has 0 saturated carbocycles. The molecule has 6 heterocycles. The molecule has 1 fully saturated rings. The summed E-state index contributed by atoms with van der Waals surface area (Å²) >= 11 is 7.43. The number of aliphatic imine (C=N–C) groups is 1. The number of allylic oxidation sites excluding steroid dienone is 1. The van der Waals surface area contributed by atoms with E-state index in [1.165, 1.54) is 15.8 Å². The van der Waals surface area contributed by atoms with Gasteiger partial charge in [-0.3, -0.25) is 4.99 Å². The number of nitrogens with zero attached hydrogens (tertiary/aromatic N) is 7. The summed E-state index contributed by atoms with van der Waals surface area (Å²) in [5.74, 6) is -0.139. The highest BCUT2D eigenvalue weighted by Crippen LogP contribution is 2.29. The fourth-order valence-corrected chi connectivity index (χ4v) is 5.91. The first kappa shape index (κ1) is 40.8. The van der Waals surface area contributed by atoms with E-state index in [0.29, 0.717) is 5.82 Å². The number of alkyl halides is 2. The molecule has 17 heteroatoms. The molecule has 12 nitrogen and oxygen atoms in total. The van der Waals surface area contributed by atoms with Crippen LogP contribution in [0, 0.1) is 6.92 Å². The minimum absolute atomic E-state index is 0. The third-order valence-corrected chi connectivity index (χ3v) is 8.68. The monoisotopic (exact) mass is 806 g/mol. The Bertz CT molecular complexity index is 2280. The average molecular weight is 808 g/mol. The summed E-state index contributed by atoms with van der Waals surface area (Å²) < 4.78 is 30.5. The van der Waals surface area contributed by atoms with Crippen LogP contribution in [0.2, 0.25) is 5.28 Å². The van der Waals surface area contributed by atoms with Gasteiger partial charge in [0.15, 0.2) is 5.82 Å². The quantitative estimate of drug-likeness (QED) is 0.139. The van der Waals surface area contributed by atoms with Crippen LogP contribution in [0.3, 0.4) is 0 Å². The molecule has 0 bridgehead atoms. The number of carbonyl (C=O) groups excluding carboxylic acids is 1. The summed E-state index contributed by atoms with van der Waals surface area (Å²) in [5.41, 5.74) is 6.40. The fourth-order valence-electron chi connectivity index (χ4n) is 4.99. The lowest BCUT2D eigenvalue weighted by Gasteiger charge is -2.25. The number of thiophene rings is 1. The number of halogens is 4. The first-order chi connectivity index (χ1) is 25.8. The standard InChI is InChI=1S/C18H18ClN5O2.C17H14N4S.C3H5F2N.ClH/c1-18(2,3)26-17(25)24-11-13(10-21-24)12-4-6-14(7-5-12)22-15-8-9-20-16(19)23-15;1-11-19-15-7-9-22-16(15)17(20-11)21-14-4-2-12(3-5-14)13-6-8-18-10-13;4-3(5)1-6-2-3;/h4-11H,1-3H3,(H,20,22,23);2-7,9-10H,8H2,1H3,(H,19,20,21);6H,1-2H2;1H. The number of rotatable bonds is 6. The van der Waals surface area contributed by atoms with Crippen molar-refractivity contribution in [2.75, 3.05) is 30.3 Å². The summed E-state index contributed by atoms with van der Waals surface area (Å²) in [7, 11) is 0. The highest BCUT2D eigenvalue weighted by molar-refractivity contribution is 7.17. The number of ether oxygens (including phenoxy) is 1. The number of aryl methyl sites for hydroxylation is 1. The van der Waals surface area contributed by atoms with Crippen molar-refractivity contribution in [1.82, 2.24) is 35.0 Å². The maximum absolute atomic E-state index is 12.0. The number of anilines is 4. The van der Waals surface area contributed by atoms with Crippen molar-refractivity contribution in [1.29, 1.82) is 0 Å². The van der Waals surface area contributed by atoms with Crippen LogP contribution in [-0.2, 0) is 4.74 Å². The van der Waals surface area contributed by atoms with Gasteiger partial charge in [-0.2, -0.15) is 9.78 Å². The van der Waals surface area contributed by atoms with Crippen molar-refractivity contribution < 1.29 is 18.3 Å². The van der Waals surface area contributed by atoms with Crippen molar-refractivity contribution >= 4 is 86.5 Å². The van der Waals surface area contributed by atoms with Crippen molar-refractivity contribution in [2.24, 2.45) is 4.99 Å². The molecular formula is C38H38Cl2F2N10O2S. The van der Waals surface area contributed by atoms with Gasteiger partial charge in [0, 0.05) is 35.5 Å². The maximum Gasteiger partial charge on any atom is 0.435 e. The molecule has 0 amide bonds. The predicted octanol–water partition coefficient (Wildman–Crippen LogP) is 9.38. The van der Waals surface area contributed by atoms with E-state index < -0.39 is 17.6 Å². The van der Waals surface area contributed by atoms with Crippen LogP contribution in [0.15, 0.2) is 95.7 Å². The smallest absolute Gasteiger partial charge is 0.435 e. The van der Waals surface area contributed by atoms with E-state index in [1.54, 1.807) is 36.0 Å². The third kappa shape index (κ3) is 11.6. The van der Waals surface area contributed by atoms with E-state index in [1.807, 2.05) is 69.6 Å². The molecule has 6 aromatic rings. The molecule has 8 rings (SSSR count). The number of hydrogen-bond donors (Lipinski definition) is 3. The first-order valence-electron chi connectivity index (χ1n) is 16.8. The van der Waals surface area contributed by atoms with E-state index in [0.717, 1.165) is 50.9 Å². The Morgan fingerprint density at radius 3 is 2.22 bits per heavy atom. The molecule has 0 atom stereocenters. The Morgan fingerprint density at radius 2 is 1.62 bits per heavy atom. The molecular weight excluding hydrogens is 769 g/mol. The lowest BCUT2D eigenvalue weighted by atomic mass is 10.1. The highest BCUT2D eigenvalue weighted by Gasteiger charge is 2.36. The van der Waals surface area contributed by atoms with Crippen LogP contribution in [0.25, 0.3) is 26.9 Å². The second-order valence-corrected chi connectivity index (χ2v) is 14.4. The number of carbonyl (C=O) groups is 1. The van der Waals surface area contributed by atoms with Crippen LogP contribution in [0.4, 0.5) is 36.6 Å². The predicted molar refractivity (Wildman–Crippen MR) is 218 cm³/mol. The van der Waals surface area contributed by atoms with Crippen LogP contribution in [0.1, 0.15) is 32.2 Å². The lowest BCUT2D eigenvalue weighted by molar-refractivity contribution is -0.0475. The zero-order valence-corrected chi connectivity index (χ0v) is 32.6. The van der Waals surface area contributed by atoms with Crippen LogP contribution >= 0.6 is 35.3 Å². The van der Waals surface area contributed by atoms with Crippen molar-refractivity contribution in [3.05, 3.63) is 107 Å². The number of hydrogen-bond acceptors (Lipinski definition) is 12. The van der Waals surface area contributed by atoms with Crippen LogP contribution in [-0.4, -0.2) is 73.2 Å². The van der Waals surface area contributed by atoms with Gasteiger partial charge in [0.1, 0.15) is 17.2 Å². The second-order valence-electron chi connectivity index (χ2n) is 13.1. The summed E-state index contributed by atoms with van der Waals surface area (Å²) in [5, 5.41) is 15.3. The van der Waals surface area contributed by atoms with Gasteiger partial charge in [-0.25, -0.2) is 33.5 Å². The summed E-state index contributed by atoms with van der Waals surface area (Å²) in [6, 6.07) is 19.7. The Hall–Kier alpha value is -5.35. The Morgan fingerprint density at radius 1 is 0.945 bits per heavy atom. The summed E-state index contributed by atoms with van der Waals surface area (Å²) in [6.07, 6.45) is 8.38. The minimum Gasteiger partial charge on any atom is -0.442 e. The van der Waals surface area contributed by atoms with E-state index in [4.69, 9.17) is 16.3 Å². The molecule has 55 heavy (non-hydrogen) atoms. The zero-order chi connectivity index (χ0) is 38.3. The molecule has 0 aliphatic carbocycles. The van der Waals surface area contributed by atoms with Gasteiger partial charge < -0.3 is 20.7 Å². The molecule has 2 aromatic carbocycles. The molecule has 286 valence electrons. The van der Waals surface area contributed by atoms with E-state index in [9.17, 15) is 13.6 Å². The first-order valence-corrected chi connectivity index (χ1v) is 18.1. The Balaban J connectivity index is 0.000000181. The number of fused-ring (bicyclic) bond motifs is 1. The molecule has 3 N–H and O–H groups in total. The Kier molecular flexibility index (Phi) is 13.3. The van der Waals surface area contributed by atoms with E-state index in [-0.39, 0.29) is 30.8 Å². The van der Waals surface area contributed by atoms with Gasteiger partial charge in [-0.1, -0.05) is 30.3 Å². The highest BCUT2D eigenvalue weighted by atomic mass is 35.5. The van der Waals surface area contributed by atoms with Crippen molar-refractivity contribution in [3.63, 3.8) is 0 Å². The van der Waals surface area contributed by atoms with Gasteiger partial charge in [0.2, 0.25) is 5.28 Å². The topological polar surface area (TPSA) is 144 Å². The van der Waals surface area contributed by atoms with Crippen molar-refractivity contribution in [2.45, 2.75) is 39.2 Å². The van der Waals surface area contributed by atoms with Crippen LogP contribution in [0.5, 0.6) is 0 Å². The molecule has 0 unspecified atom stereocenters. The zero-order valence-electron chi connectivity index (χ0n) is 30.3. The average Bonchev–Trinajstić information content (AvgIpc) is 3.92. The fraction of sp³-hybridized carbons (Fsp3) is 0.237. The largest absolute Gasteiger partial charge is 0.442 e. The van der Waals surface area contributed by atoms with Gasteiger partial charge >= 0.3 is 6.09 Å². The molecule has 2 aliphatic rings. The summed E-state index contributed by atoms with van der Waals surface area (Å²) in [4.78, 5) is 33.1. The SMILES string of the molecule is CC(C)(C)OC(=O)n1cc(-c2ccc(Nc3ccnc(Cl)n3)cc2)cn1.Cc1nc(Nc2ccc(C3=CCN=C3)cc2)c2sccc2n1.Cl.FC1(F)CNC1. The van der Waals surface area contributed by atoms with Gasteiger partial charge in [-0.05, 0) is 97.8 Å². The van der Waals surface area contributed by atoms with Gasteiger partial charge in [0.05, 0.1) is 36.0 Å². The van der Waals surface area contributed by atoms with Gasteiger partial charge in [0.25, 0.3) is 5.92 Å². The Labute approximate surface area is 331 Å². The second kappa shape index (κ2) is 17.9. The van der Waals surface area contributed by atoms with E-state index in [2.05, 4.69) is 76.3 Å². The summed E-state index contributed by atoms with van der Waals surface area (Å²) in [6.45, 7) is 7.87. The van der Waals surface area contributed by atoms with E-state index >= 15 is 0 Å². The van der Waals surface area contributed by atoms with Crippen LogP contribution < -0.4 is 16.0 Å².